The van der Waals surface area contributed by atoms with E-state index in [4.69, 9.17) is 0 Å². The van der Waals surface area contributed by atoms with Crippen molar-refractivity contribution in [3.05, 3.63) is 15.5 Å². The molecule has 3 nitrogen and oxygen atoms in total. The lowest BCUT2D eigenvalue weighted by atomic mass is 10.1. The maximum Gasteiger partial charge on any atom is 0.0754 e. The molecular formula is C7H9BrN2OS. The van der Waals surface area contributed by atoms with Crippen molar-refractivity contribution in [3.63, 3.8) is 0 Å². The van der Waals surface area contributed by atoms with Crippen molar-refractivity contribution in [2.75, 3.05) is 13.1 Å². The molecule has 2 atom stereocenters. The van der Waals surface area contributed by atoms with Gasteiger partial charge in [-0.3, -0.25) is 0 Å². The maximum absolute atomic E-state index is 9.58. The molecule has 0 amide bonds. The van der Waals surface area contributed by atoms with Gasteiger partial charge in [0.25, 0.3) is 0 Å². The second-order valence-electron chi connectivity index (χ2n) is 2.87. The van der Waals surface area contributed by atoms with Crippen molar-refractivity contribution >= 4 is 27.5 Å². The van der Waals surface area contributed by atoms with E-state index < -0.39 is 0 Å². The second kappa shape index (κ2) is 3.41. The Kier molecular flexibility index (Phi) is 2.45. The van der Waals surface area contributed by atoms with Crippen LogP contribution in [0.25, 0.3) is 0 Å². The summed E-state index contributed by atoms with van der Waals surface area (Å²) in [7, 11) is 0. The van der Waals surface area contributed by atoms with Crippen LogP contribution in [0.4, 0.5) is 0 Å². The Morgan fingerprint density at radius 2 is 2.50 bits per heavy atom. The molecule has 0 spiro atoms. The predicted molar refractivity (Wildman–Crippen MR) is 51.4 cm³/mol. The van der Waals surface area contributed by atoms with Gasteiger partial charge in [0.15, 0.2) is 0 Å². The molecule has 12 heavy (non-hydrogen) atoms. The third-order valence-electron chi connectivity index (χ3n) is 2.07. The van der Waals surface area contributed by atoms with Crippen molar-refractivity contribution in [1.82, 2.24) is 9.69 Å². The molecular weight excluding hydrogens is 240 g/mol. The van der Waals surface area contributed by atoms with Gasteiger partial charge in [-0.25, -0.2) is 0 Å². The summed E-state index contributed by atoms with van der Waals surface area (Å²) in [5.41, 5.74) is 0. The molecule has 66 valence electrons. The molecule has 2 heterocycles. The fourth-order valence-electron chi connectivity index (χ4n) is 1.41. The standard InChI is InChI=1S/C7H9BrN2OS/c8-5-2-10-12-7(5)4-1-9-3-6(4)11/h2,4,6,9,11H,1,3H2. The van der Waals surface area contributed by atoms with Gasteiger partial charge >= 0.3 is 0 Å². The van der Waals surface area contributed by atoms with E-state index in [9.17, 15) is 5.11 Å². The van der Waals surface area contributed by atoms with Crippen LogP contribution in [0.15, 0.2) is 10.7 Å². The summed E-state index contributed by atoms with van der Waals surface area (Å²) < 4.78 is 5.07. The molecule has 0 aliphatic carbocycles. The average Bonchev–Trinajstić information content (AvgIpc) is 2.59. The third-order valence-corrected chi connectivity index (χ3v) is 3.90. The third kappa shape index (κ3) is 1.42. The topological polar surface area (TPSA) is 45.1 Å². The summed E-state index contributed by atoms with van der Waals surface area (Å²) in [5, 5.41) is 12.7. The zero-order chi connectivity index (χ0) is 8.55. The van der Waals surface area contributed by atoms with Crippen molar-refractivity contribution < 1.29 is 5.11 Å². The van der Waals surface area contributed by atoms with E-state index in [0.29, 0.717) is 6.54 Å². The Morgan fingerprint density at radius 1 is 1.67 bits per heavy atom. The summed E-state index contributed by atoms with van der Waals surface area (Å²) in [6, 6.07) is 0. The Labute approximate surface area is 83.1 Å². The van der Waals surface area contributed by atoms with E-state index in [1.165, 1.54) is 11.5 Å². The van der Waals surface area contributed by atoms with Gasteiger partial charge in [0.2, 0.25) is 0 Å². The number of hydrogen-bond donors (Lipinski definition) is 2. The van der Waals surface area contributed by atoms with E-state index in [2.05, 4.69) is 25.6 Å². The van der Waals surface area contributed by atoms with Gasteiger partial charge in [-0.2, -0.15) is 4.37 Å². The summed E-state index contributed by atoms with van der Waals surface area (Å²) in [6.07, 6.45) is 1.52. The normalized spacial score (nSPS) is 29.5. The van der Waals surface area contributed by atoms with Crippen LogP contribution in [0.2, 0.25) is 0 Å². The Balaban J connectivity index is 2.24. The number of aliphatic hydroxyl groups excluding tert-OH is 1. The minimum Gasteiger partial charge on any atom is -0.391 e. The highest BCUT2D eigenvalue weighted by atomic mass is 79.9. The maximum atomic E-state index is 9.58. The molecule has 0 saturated carbocycles. The van der Waals surface area contributed by atoms with Crippen molar-refractivity contribution in [2.45, 2.75) is 12.0 Å². The molecule has 0 bridgehead atoms. The first-order valence-corrected chi connectivity index (χ1v) is 5.34. The Morgan fingerprint density at radius 3 is 3.00 bits per heavy atom. The van der Waals surface area contributed by atoms with Gasteiger partial charge in [-0.15, -0.1) is 0 Å². The van der Waals surface area contributed by atoms with Gasteiger partial charge in [-0.1, -0.05) is 0 Å². The zero-order valence-electron chi connectivity index (χ0n) is 6.33. The first-order chi connectivity index (χ1) is 5.79. The number of nitrogens with zero attached hydrogens (tertiary/aromatic N) is 1. The molecule has 2 unspecified atom stereocenters. The van der Waals surface area contributed by atoms with Crippen molar-refractivity contribution in [2.24, 2.45) is 0 Å². The van der Waals surface area contributed by atoms with Crippen LogP contribution in [-0.4, -0.2) is 28.7 Å². The van der Waals surface area contributed by atoms with Gasteiger partial charge in [0, 0.05) is 23.9 Å². The molecule has 5 heteroatoms. The number of rotatable bonds is 1. The van der Waals surface area contributed by atoms with Gasteiger partial charge in [0.05, 0.1) is 16.8 Å². The molecule has 2 N–H and O–H groups in total. The van der Waals surface area contributed by atoms with E-state index in [0.717, 1.165) is 15.9 Å². The van der Waals surface area contributed by atoms with Gasteiger partial charge in [0.1, 0.15) is 0 Å². The lowest BCUT2D eigenvalue weighted by Gasteiger charge is -2.10. The van der Waals surface area contributed by atoms with Crippen LogP contribution >= 0.6 is 27.5 Å². The van der Waals surface area contributed by atoms with Crippen molar-refractivity contribution in [3.8, 4) is 0 Å². The number of aliphatic hydroxyl groups is 1. The van der Waals surface area contributed by atoms with Gasteiger partial charge < -0.3 is 10.4 Å². The summed E-state index contributed by atoms with van der Waals surface area (Å²) in [6.45, 7) is 1.54. The SMILES string of the molecule is OC1CNCC1c1sncc1Br. The van der Waals surface area contributed by atoms with Crippen LogP contribution in [0, 0.1) is 0 Å². The zero-order valence-corrected chi connectivity index (χ0v) is 8.73. The molecule has 0 aromatic carbocycles. The fourth-order valence-corrected chi connectivity index (χ4v) is 2.95. The minimum absolute atomic E-state index is 0.215. The first-order valence-electron chi connectivity index (χ1n) is 3.78. The number of nitrogens with one attached hydrogen (secondary N) is 1. The smallest absolute Gasteiger partial charge is 0.0754 e. The molecule has 0 radical (unpaired) electrons. The van der Waals surface area contributed by atoms with Crippen LogP contribution < -0.4 is 5.32 Å². The van der Waals surface area contributed by atoms with Crippen LogP contribution in [0.1, 0.15) is 10.8 Å². The molecule has 2 rings (SSSR count). The highest BCUT2D eigenvalue weighted by Gasteiger charge is 2.29. The van der Waals surface area contributed by atoms with Crippen molar-refractivity contribution in [1.29, 1.82) is 0 Å². The fraction of sp³-hybridized carbons (Fsp3) is 0.571. The number of aromatic nitrogens is 1. The van der Waals surface area contributed by atoms with E-state index in [-0.39, 0.29) is 12.0 Å². The van der Waals surface area contributed by atoms with Crippen LogP contribution in [-0.2, 0) is 0 Å². The Bertz CT molecular complexity index is 278. The first kappa shape index (κ1) is 8.62. The molecule has 1 saturated heterocycles. The van der Waals surface area contributed by atoms with Crippen LogP contribution in [0.3, 0.4) is 0 Å². The van der Waals surface area contributed by atoms with Crippen LogP contribution in [0.5, 0.6) is 0 Å². The second-order valence-corrected chi connectivity index (χ2v) is 4.56. The van der Waals surface area contributed by atoms with E-state index >= 15 is 0 Å². The summed E-state index contributed by atoms with van der Waals surface area (Å²) >= 11 is 4.87. The highest BCUT2D eigenvalue weighted by molar-refractivity contribution is 9.10. The summed E-state index contributed by atoms with van der Waals surface area (Å²) in [4.78, 5) is 1.15. The minimum atomic E-state index is -0.262. The quantitative estimate of drug-likeness (QED) is 0.779. The largest absolute Gasteiger partial charge is 0.391 e. The highest BCUT2D eigenvalue weighted by Crippen LogP contribution is 2.32. The lowest BCUT2D eigenvalue weighted by Crippen LogP contribution is -2.15. The van der Waals surface area contributed by atoms with E-state index in [1.54, 1.807) is 6.20 Å². The summed E-state index contributed by atoms with van der Waals surface area (Å²) in [5.74, 6) is 0.215. The molecule has 1 aromatic heterocycles. The monoisotopic (exact) mass is 248 g/mol. The molecule has 1 aliphatic rings. The number of β-amino-alcohol motifs (C(OH)–C–C–N with tert-alkyl or cyclic N) is 1. The molecule has 1 aromatic rings. The number of halogens is 1. The molecule has 1 aliphatic heterocycles. The number of hydrogen-bond acceptors (Lipinski definition) is 4. The molecule has 1 fully saturated rings. The predicted octanol–water partition coefficient (Wildman–Crippen LogP) is 0.953. The lowest BCUT2D eigenvalue weighted by molar-refractivity contribution is 0.178. The average molecular weight is 249 g/mol. The Hall–Kier alpha value is 0.0300. The van der Waals surface area contributed by atoms with Gasteiger partial charge in [-0.05, 0) is 27.5 Å². The van der Waals surface area contributed by atoms with E-state index in [1.807, 2.05) is 0 Å².